The molecule has 4 heteroatoms. The van der Waals surface area contributed by atoms with Crippen LogP contribution in [0.3, 0.4) is 0 Å². The molecule has 60 valence electrons. The summed E-state index contributed by atoms with van der Waals surface area (Å²) in [6, 6.07) is 0. The summed E-state index contributed by atoms with van der Waals surface area (Å²) in [7, 11) is 0. The third-order valence-electron chi connectivity index (χ3n) is 0.437. The Morgan fingerprint density at radius 2 is 1.89 bits per heavy atom. The van der Waals surface area contributed by atoms with Crippen LogP contribution in [0.1, 0.15) is 13.3 Å². The van der Waals surface area contributed by atoms with Crippen molar-refractivity contribution in [3.8, 4) is 0 Å². The summed E-state index contributed by atoms with van der Waals surface area (Å²) in [5.41, 5.74) is 0. The molecule has 0 aliphatic carbocycles. The Morgan fingerprint density at radius 1 is 1.44 bits per heavy atom. The van der Waals surface area contributed by atoms with Crippen LogP contribution in [0, 0.1) is 0 Å². The number of hydrogen-bond donors (Lipinski definition) is 0. The van der Waals surface area contributed by atoms with Crippen LogP contribution in [-0.2, 0) is 25.2 Å². The van der Waals surface area contributed by atoms with Gasteiger partial charge in [0.2, 0.25) is 0 Å². The third kappa shape index (κ3) is 27.8. The van der Waals surface area contributed by atoms with Crippen LogP contribution >= 0.6 is 19.8 Å². The fraction of sp³-hybridized carbons (Fsp3) is 0.400. The van der Waals surface area contributed by atoms with Gasteiger partial charge in [0.05, 0.1) is 0 Å². The minimum absolute atomic E-state index is 0. The van der Waals surface area contributed by atoms with Gasteiger partial charge in [0.1, 0.15) is 0 Å². The van der Waals surface area contributed by atoms with Gasteiger partial charge in [-0.3, -0.25) is 6.29 Å². The number of hydrogen-bond acceptors (Lipinski definition) is 1. The Labute approximate surface area is 77.0 Å². The summed E-state index contributed by atoms with van der Waals surface area (Å²) in [5, 5.41) is 0. The zero-order chi connectivity index (χ0) is 4.83. The van der Waals surface area contributed by atoms with Gasteiger partial charge in [0.25, 0.3) is 0 Å². The summed E-state index contributed by atoms with van der Waals surface area (Å²) >= 11 is 0. The molecule has 0 bridgehead atoms. The Kier molecular flexibility index (Phi) is 57.8. The standard InChI is InChI=1S/C5H7O.2H3P.Pd/c1-2-3-4-5-6;;;/h2-3H,4H2,1H3;2*1H3;/q-1;;;. The molecule has 0 saturated heterocycles. The largest absolute Gasteiger partial charge is 0.541 e. The van der Waals surface area contributed by atoms with Gasteiger partial charge in [-0.05, 0) is 6.92 Å². The fourth-order valence-corrected chi connectivity index (χ4v) is 0.166. The molecule has 0 fully saturated rings. The minimum atomic E-state index is 0. The molecule has 0 heterocycles. The van der Waals surface area contributed by atoms with Crippen molar-refractivity contribution < 1.29 is 25.2 Å². The average Bonchev–Trinajstić information content (AvgIpc) is 1.61. The second kappa shape index (κ2) is 23.1. The van der Waals surface area contributed by atoms with E-state index in [0.29, 0.717) is 6.42 Å². The van der Waals surface area contributed by atoms with E-state index in [1.54, 1.807) is 12.4 Å². The quantitative estimate of drug-likeness (QED) is 0.314. The maximum absolute atomic E-state index is 9.39. The Balaban J connectivity index is -0.0000000417. The van der Waals surface area contributed by atoms with Crippen molar-refractivity contribution in [2.24, 2.45) is 0 Å². The molecule has 9 heavy (non-hydrogen) atoms. The third-order valence-corrected chi connectivity index (χ3v) is 0.437. The van der Waals surface area contributed by atoms with Gasteiger partial charge in [0.15, 0.2) is 0 Å². The second-order valence-electron chi connectivity index (χ2n) is 0.917. The Bertz CT molecular complexity index is 66.0. The van der Waals surface area contributed by atoms with E-state index >= 15 is 0 Å². The van der Waals surface area contributed by atoms with Crippen molar-refractivity contribution in [3.63, 3.8) is 0 Å². The summed E-state index contributed by atoms with van der Waals surface area (Å²) in [6.07, 6.45) is 5.74. The first-order chi connectivity index (χ1) is 2.91. The summed E-state index contributed by atoms with van der Waals surface area (Å²) in [6.45, 7) is 1.87. The van der Waals surface area contributed by atoms with Gasteiger partial charge >= 0.3 is 0 Å². The van der Waals surface area contributed by atoms with Gasteiger partial charge < -0.3 is 4.79 Å². The van der Waals surface area contributed by atoms with E-state index in [2.05, 4.69) is 0 Å². The molecule has 0 saturated carbocycles. The summed E-state index contributed by atoms with van der Waals surface area (Å²) < 4.78 is 0. The molecule has 0 radical (unpaired) electrons. The van der Waals surface area contributed by atoms with E-state index in [0.717, 1.165) is 0 Å². The SMILES string of the molecule is CC=CC[C-]=O.P.P.[Pd]. The molecule has 0 aromatic heterocycles. The van der Waals surface area contributed by atoms with Crippen molar-refractivity contribution in [2.45, 2.75) is 13.3 Å². The molecule has 0 spiro atoms. The first kappa shape index (κ1) is 22.5. The molecule has 0 N–H and O–H groups in total. The monoisotopic (exact) mass is 257 g/mol. The molecule has 0 aromatic rings. The predicted molar refractivity (Wildman–Crippen MR) is 47.3 cm³/mol. The maximum Gasteiger partial charge on any atom is 0 e. The Morgan fingerprint density at radius 3 is 2.00 bits per heavy atom. The first-order valence-corrected chi connectivity index (χ1v) is 1.88. The molecule has 2 atom stereocenters. The maximum atomic E-state index is 9.39. The van der Waals surface area contributed by atoms with Crippen LogP contribution in [0.5, 0.6) is 0 Å². The first-order valence-electron chi connectivity index (χ1n) is 1.88. The second-order valence-corrected chi connectivity index (χ2v) is 0.917. The van der Waals surface area contributed by atoms with Crippen LogP contribution < -0.4 is 0 Å². The van der Waals surface area contributed by atoms with E-state index < -0.39 is 0 Å². The molecule has 0 amide bonds. The van der Waals surface area contributed by atoms with Gasteiger partial charge in [-0.2, -0.15) is 19.8 Å². The van der Waals surface area contributed by atoms with Crippen LogP contribution in [0.2, 0.25) is 0 Å². The molecule has 0 aliphatic rings. The van der Waals surface area contributed by atoms with E-state index in [4.69, 9.17) is 0 Å². The fourth-order valence-electron chi connectivity index (χ4n) is 0.166. The zero-order valence-corrected chi connectivity index (χ0v) is 9.88. The number of carbonyl (C=O) groups excluding carboxylic acids is 1. The number of allylic oxidation sites excluding steroid dienone is 2. The molecule has 0 aliphatic heterocycles. The van der Waals surface area contributed by atoms with Crippen molar-refractivity contribution >= 4 is 26.1 Å². The minimum Gasteiger partial charge on any atom is -0.541 e. The van der Waals surface area contributed by atoms with Crippen LogP contribution in [-0.4, -0.2) is 6.29 Å². The average molecular weight is 258 g/mol. The van der Waals surface area contributed by atoms with Crippen LogP contribution in [0.25, 0.3) is 0 Å². The summed E-state index contributed by atoms with van der Waals surface area (Å²) in [5.74, 6) is 0. The molecule has 1 nitrogen and oxygen atoms in total. The van der Waals surface area contributed by atoms with E-state index in [-0.39, 0.29) is 40.2 Å². The summed E-state index contributed by atoms with van der Waals surface area (Å²) in [4.78, 5) is 9.39. The molecular formula is C5H13OP2Pd-. The van der Waals surface area contributed by atoms with Crippen molar-refractivity contribution in [2.75, 3.05) is 0 Å². The van der Waals surface area contributed by atoms with E-state index in [1.807, 2.05) is 13.0 Å². The van der Waals surface area contributed by atoms with Gasteiger partial charge in [-0.15, -0.1) is 12.5 Å². The molecule has 0 rings (SSSR count). The van der Waals surface area contributed by atoms with Gasteiger partial charge in [-0.1, -0.05) is 6.08 Å². The molecule has 0 aromatic carbocycles. The van der Waals surface area contributed by atoms with E-state index in [9.17, 15) is 4.79 Å². The van der Waals surface area contributed by atoms with Crippen LogP contribution in [0.4, 0.5) is 0 Å². The van der Waals surface area contributed by atoms with Gasteiger partial charge in [-0.25, -0.2) is 0 Å². The topological polar surface area (TPSA) is 17.1 Å². The molecule has 2 unspecified atom stereocenters. The smallest absolute Gasteiger partial charge is 0 e. The van der Waals surface area contributed by atoms with Crippen molar-refractivity contribution in [3.05, 3.63) is 12.2 Å². The van der Waals surface area contributed by atoms with Crippen molar-refractivity contribution in [1.29, 1.82) is 0 Å². The molecular weight excluding hydrogens is 244 g/mol. The normalized spacial score (nSPS) is 6.33. The number of rotatable bonds is 2. The van der Waals surface area contributed by atoms with Crippen LogP contribution in [0.15, 0.2) is 12.2 Å². The Hall–Kier alpha value is 0.932. The zero-order valence-electron chi connectivity index (χ0n) is 5.50. The van der Waals surface area contributed by atoms with Crippen molar-refractivity contribution in [1.82, 2.24) is 0 Å². The van der Waals surface area contributed by atoms with Gasteiger partial charge in [0, 0.05) is 20.4 Å². The predicted octanol–water partition coefficient (Wildman–Crippen LogP) is 1.18. The van der Waals surface area contributed by atoms with E-state index in [1.165, 1.54) is 0 Å².